The van der Waals surface area contributed by atoms with E-state index in [0.717, 1.165) is 47.3 Å². The largest absolute Gasteiger partial charge is 0.486 e. The standard InChI is InChI=1S/C32H41NO4/c1-8-32(9-2,28-14-15-29(23(3)18-28)36-22-30(34)31(4,5)6)27-12-10-25(11-13-27)26-19-24(20-33-21-26)16-17-37-35-7/h10-15,18-21H,8-9,16-17,22H2,1-7H3. The third-order valence-corrected chi connectivity index (χ3v) is 7.29. The molecule has 0 fully saturated rings. The van der Waals surface area contributed by atoms with E-state index in [9.17, 15) is 4.79 Å². The molecule has 0 saturated carbocycles. The minimum atomic E-state index is -0.407. The van der Waals surface area contributed by atoms with E-state index in [1.807, 2.05) is 39.2 Å². The highest BCUT2D eigenvalue weighted by Crippen LogP contribution is 2.41. The summed E-state index contributed by atoms with van der Waals surface area (Å²) in [6, 6.07) is 17.4. The lowest BCUT2D eigenvalue weighted by Crippen LogP contribution is -2.27. The number of nitrogens with zero attached hydrogens (tertiary/aromatic N) is 1. The second-order valence-corrected chi connectivity index (χ2v) is 10.6. The van der Waals surface area contributed by atoms with Crippen molar-refractivity contribution in [2.75, 3.05) is 20.3 Å². The molecule has 0 bridgehead atoms. The van der Waals surface area contributed by atoms with Gasteiger partial charge in [0.1, 0.15) is 12.4 Å². The molecule has 0 aliphatic heterocycles. The van der Waals surface area contributed by atoms with Crippen molar-refractivity contribution >= 4 is 5.78 Å². The summed E-state index contributed by atoms with van der Waals surface area (Å²) in [5.41, 5.74) is 6.40. The lowest BCUT2D eigenvalue weighted by Gasteiger charge is -2.34. The molecule has 198 valence electrons. The molecule has 0 saturated heterocycles. The van der Waals surface area contributed by atoms with Crippen LogP contribution >= 0.6 is 0 Å². The van der Waals surface area contributed by atoms with Gasteiger partial charge in [-0.1, -0.05) is 71.0 Å². The average Bonchev–Trinajstić information content (AvgIpc) is 2.89. The summed E-state index contributed by atoms with van der Waals surface area (Å²) in [4.78, 5) is 26.4. The fourth-order valence-corrected chi connectivity index (χ4v) is 4.71. The number of hydrogen-bond acceptors (Lipinski definition) is 5. The van der Waals surface area contributed by atoms with Crippen molar-refractivity contribution in [3.63, 3.8) is 0 Å². The molecule has 0 amide bonds. The number of ketones is 1. The lowest BCUT2D eigenvalue weighted by atomic mass is 9.70. The minimum Gasteiger partial charge on any atom is -0.486 e. The average molecular weight is 504 g/mol. The third kappa shape index (κ3) is 6.85. The van der Waals surface area contributed by atoms with Crippen LogP contribution in [0, 0.1) is 12.3 Å². The maximum Gasteiger partial charge on any atom is 0.175 e. The number of benzene rings is 2. The van der Waals surface area contributed by atoms with Crippen molar-refractivity contribution in [3.05, 3.63) is 83.2 Å². The monoisotopic (exact) mass is 503 g/mol. The van der Waals surface area contributed by atoms with Crippen molar-refractivity contribution in [2.24, 2.45) is 5.41 Å². The van der Waals surface area contributed by atoms with Crippen LogP contribution in [0.1, 0.15) is 69.7 Å². The normalized spacial score (nSPS) is 12.0. The van der Waals surface area contributed by atoms with E-state index in [2.05, 4.69) is 73.1 Å². The fourth-order valence-electron chi connectivity index (χ4n) is 4.71. The number of hydrogen-bond donors (Lipinski definition) is 0. The van der Waals surface area contributed by atoms with Crippen LogP contribution in [-0.4, -0.2) is 31.1 Å². The predicted molar refractivity (Wildman–Crippen MR) is 149 cm³/mol. The van der Waals surface area contributed by atoms with Crippen LogP contribution in [0.4, 0.5) is 0 Å². The SMILES string of the molecule is CCC(CC)(c1ccc(-c2cncc(CCOOC)c2)cc1)c1ccc(OCC(=O)C(C)(C)C)c(C)c1. The molecular weight excluding hydrogens is 462 g/mol. The number of Topliss-reactive ketones (excluding diaryl/α,β-unsaturated/α-hetero) is 1. The van der Waals surface area contributed by atoms with Gasteiger partial charge in [0.15, 0.2) is 5.78 Å². The number of rotatable bonds is 12. The lowest BCUT2D eigenvalue weighted by molar-refractivity contribution is -0.271. The van der Waals surface area contributed by atoms with Gasteiger partial charge in [-0.05, 0) is 59.7 Å². The second-order valence-electron chi connectivity index (χ2n) is 10.6. The molecule has 0 unspecified atom stereocenters. The Morgan fingerprint density at radius 1 is 0.892 bits per heavy atom. The first kappa shape index (κ1) is 28.5. The molecule has 0 aliphatic rings. The first-order valence-corrected chi connectivity index (χ1v) is 13.1. The molecule has 0 radical (unpaired) electrons. The Morgan fingerprint density at radius 2 is 1.57 bits per heavy atom. The van der Waals surface area contributed by atoms with Crippen LogP contribution in [-0.2, 0) is 26.4 Å². The summed E-state index contributed by atoms with van der Waals surface area (Å²) in [5.74, 6) is 0.859. The Hall–Kier alpha value is -3.02. The van der Waals surface area contributed by atoms with Gasteiger partial charge in [0.25, 0.3) is 0 Å². The number of aryl methyl sites for hydroxylation is 1. The third-order valence-electron chi connectivity index (χ3n) is 7.29. The van der Waals surface area contributed by atoms with E-state index in [4.69, 9.17) is 9.62 Å². The Bertz CT molecular complexity index is 1170. The quantitative estimate of drug-likeness (QED) is 0.148. The number of pyridine rings is 1. The van der Waals surface area contributed by atoms with Crippen LogP contribution < -0.4 is 4.74 Å². The summed E-state index contributed by atoms with van der Waals surface area (Å²) >= 11 is 0. The van der Waals surface area contributed by atoms with Crippen LogP contribution in [0.3, 0.4) is 0 Å². The van der Waals surface area contributed by atoms with Gasteiger partial charge in [-0.3, -0.25) is 9.78 Å². The zero-order chi connectivity index (χ0) is 27.1. The van der Waals surface area contributed by atoms with Crippen molar-refractivity contribution < 1.29 is 19.3 Å². The highest BCUT2D eigenvalue weighted by atomic mass is 17.2. The topological polar surface area (TPSA) is 57.6 Å². The Kier molecular flexibility index (Phi) is 9.63. The summed E-state index contributed by atoms with van der Waals surface area (Å²) < 4.78 is 5.90. The maximum atomic E-state index is 12.3. The molecule has 1 aromatic heterocycles. The van der Waals surface area contributed by atoms with E-state index in [1.54, 1.807) is 0 Å². The number of ether oxygens (including phenoxy) is 1. The molecule has 0 spiro atoms. The Labute approximate surface area is 222 Å². The van der Waals surface area contributed by atoms with Gasteiger partial charge in [0.05, 0.1) is 13.7 Å². The number of carbonyl (C=O) groups is 1. The number of aromatic nitrogens is 1. The molecule has 1 heterocycles. The maximum absolute atomic E-state index is 12.3. The smallest absolute Gasteiger partial charge is 0.175 e. The molecular formula is C32H41NO4. The van der Waals surface area contributed by atoms with Crippen LogP contribution in [0.15, 0.2) is 60.9 Å². The summed E-state index contributed by atoms with van der Waals surface area (Å²) in [6.07, 6.45) is 6.45. The number of carbonyl (C=O) groups excluding carboxylic acids is 1. The molecule has 5 heteroatoms. The molecule has 0 atom stereocenters. The zero-order valence-corrected chi connectivity index (χ0v) is 23.4. The summed E-state index contributed by atoms with van der Waals surface area (Å²) in [5, 5.41) is 0. The van der Waals surface area contributed by atoms with Crippen molar-refractivity contribution in [1.29, 1.82) is 0 Å². The second kappa shape index (κ2) is 12.5. The molecule has 0 aliphatic carbocycles. The van der Waals surface area contributed by atoms with Gasteiger partial charge in [-0.2, -0.15) is 0 Å². The molecule has 3 aromatic rings. The van der Waals surface area contributed by atoms with E-state index in [0.29, 0.717) is 6.61 Å². The predicted octanol–water partition coefficient (Wildman–Crippen LogP) is 7.28. The molecule has 37 heavy (non-hydrogen) atoms. The van der Waals surface area contributed by atoms with E-state index >= 15 is 0 Å². The summed E-state index contributed by atoms with van der Waals surface area (Å²) in [7, 11) is 1.52. The Morgan fingerprint density at radius 3 is 2.16 bits per heavy atom. The molecule has 5 nitrogen and oxygen atoms in total. The van der Waals surface area contributed by atoms with Gasteiger partial charge in [0, 0.05) is 35.2 Å². The van der Waals surface area contributed by atoms with Crippen molar-refractivity contribution in [2.45, 2.75) is 66.2 Å². The van der Waals surface area contributed by atoms with E-state index in [-0.39, 0.29) is 17.8 Å². The van der Waals surface area contributed by atoms with E-state index < -0.39 is 5.41 Å². The van der Waals surface area contributed by atoms with Crippen LogP contribution in [0.2, 0.25) is 0 Å². The Balaban J connectivity index is 1.84. The first-order valence-electron chi connectivity index (χ1n) is 13.1. The molecule has 2 aromatic carbocycles. The van der Waals surface area contributed by atoms with Crippen LogP contribution in [0.25, 0.3) is 11.1 Å². The van der Waals surface area contributed by atoms with Gasteiger partial charge in [-0.25, -0.2) is 9.78 Å². The first-order chi connectivity index (χ1) is 17.6. The van der Waals surface area contributed by atoms with Crippen molar-refractivity contribution in [1.82, 2.24) is 4.98 Å². The fraction of sp³-hybridized carbons (Fsp3) is 0.438. The van der Waals surface area contributed by atoms with Crippen molar-refractivity contribution in [3.8, 4) is 16.9 Å². The highest BCUT2D eigenvalue weighted by Gasteiger charge is 2.31. The zero-order valence-electron chi connectivity index (χ0n) is 23.4. The van der Waals surface area contributed by atoms with E-state index in [1.165, 1.54) is 18.2 Å². The molecule has 0 N–H and O–H groups in total. The molecule has 3 rings (SSSR count). The van der Waals surface area contributed by atoms with Gasteiger partial charge < -0.3 is 4.74 Å². The van der Waals surface area contributed by atoms with Gasteiger partial charge >= 0.3 is 0 Å². The van der Waals surface area contributed by atoms with Crippen LogP contribution in [0.5, 0.6) is 5.75 Å². The van der Waals surface area contributed by atoms with Gasteiger partial charge in [-0.15, -0.1) is 0 Å². The summed E-state index contributed by atoms with van der Waals surface area (Å²) in [6.45, 7) is 12.9. The highest BCUT2D eigenvalue weighted by molar-refractivity contribution is 5.85. The van der Waals surface area contributed by atoms with Gasteiger partial charge in [0.2, 0.25) is 0 Å². The minimum absolute atomic E-state index is 0.0906.